The third-order valence-electron chi connectivity index (χ3n) is 3.91. The SMILES string of the molecule is COc1ccc(C(=O)N(Cc2ccc(F)cc2)C2CC2)cc1Br. The number of amides is 1. The van der Waals surface area contributed by atoms with Crippen LogP contribution in [0.15, 0.2) is 46.9 Å². The Morgan fingerprint density at radius 2 is 1.96 bits per heavy atom. The molecule has 3 rings (SSSR count). The number of ether oxygens (including phenoxy) is 1. The molecule has 0 radical (unpaired) electrons. The van der Waals surface area contributed by atoms with Crippen LogP contribution in [0.2, 0.25) is 0 Å². The van der Waals surface area contributed by atoms with Crippen LogP contribution in [0, 0.1) is 5.82 Å². The van der Waals surface area contributed by atoms with Gasteiger partial charge in [0, 0.05) is 18.2 Å². The summed E-state index contributed by atoms with van der Waals surface area (Å²) in [6, 6.07) is 11.9. The highest BCUT2D eigenvalue weighted by molar-refractivity contribution is 9.10. The molecule has 1 saturated carbocycles. The maximum Gasteiger partial charge on any atom is 0.254 e. The van der Waals surface area contributed by atoms with Gasteiger partial charge in [0.15, 0.2) is 0 Å². The van der Waals surface area contributed by atoms with Gasteiger partial charge in [0.1, 0.15) is 11.6 Å². The molecule has 0 bridgehead atoms. The van der Waals surface area contributed by atoms with Crippen molar-refractivity contribution in [3.63, 3.8) is 0 Å². The molecule has 2 aromatic rings. The minimum absolute atomic E-state index is 0.0137. The molecule has 0 atom stereocenters. The molecule has 5 heteroatoms. The number of benzene rings is 2. The molecule has 1 fully saturated rings. The van der Waals surface area contributed by atoms with Crippen molar-refractivity contribution >= 4 is 21.8 Å². The van der Waals surface area contributed by atoms with Crippen molar-refractivity contribution in [3.8, 4) is 5.75 Å². The first-order valence-corrected chi connectivity index (χ1v) is 8.26. The lowest BCUT2D eigenvalue weighted by atomic mass is 10.1. The van der Waals surface area contributed by atoms with E-state index in [-0.39, 0.29) is 17.8 Å². The van der Waals surface area contributed by atoms with E-state index in [0.717, 1.165) is 22.9 Å². The van der Waals surface area contributed by atoms with E-state index in [4.69, 9.17) is 4.74 Å². The minimum atomic E-state index is -0.267. The van der Waals surface area contributed by atoms with Gasteiger partial charge in [-0.1, -0.05) is 12.1 Å². The number of methoxy groups -OCH3 is 1. The smallest absolute Gasteiger partial charge is 0.254 e. The Kier molecular flexibility index (Phi) is 4.66. The second-order valence-corrected chi connectivity index (χ2v) is 6.49. The highest BCUT2D eigenvalue weighted by atomic mass is 79.9. The molecule has 1 aliphatic rings. The summed E-state index contributed by atoms with van der Waals surface area (Å²) in [7, 11) is 1.59. The Hall–Kier alpha value is -1.88. The molecule has 3 nitrogen and oxygen atoms in total. The fraction of sp³-hybridized carbons (Fsp3) is 0.278. The molecule has 0 N–H and O–H groups in total. The monoisotopic (exact) mass is 377 g/mol. The van der Waals surface area contributed by atoms with E-state index in [1.807, 2.05) is 4.90 Å². The van der Waals surface area contributed by atoms with Crippen molar-refractivity contribution in [2.24, 2.45) is 0 Å². The summed E-state index contributed by atoms with van der Waals surface area (Å²) in [6.45, 7) is 0.493. The zero-order valence-electron chi connectivity index (χ0n) is 12.8. The molecule has 0 spiro atoms. The molecule has 0 aliphatic heterocycles. The topological polar surface area (TPSA) is 29.5 Å². The van der Waals surface area contributed by atoms with E-state index in [9.17, 15) is 9.18 Å². The Morgan fingerprint density at radius 3 is 2.52 bits per heavy atom. The highest BCUT2D eigenvalue weighted by Crippen LogP contribution is 2.32. The molecule has 0 saturated heterocycles. The van der Waals surface area contributed by atoms with Gasteiger partial charge in [-0.05, 0) is 64.7 Å². The van der Waals surface area contributed by atoms with Gasteiger partial charge in [-0.3, -0.25) is 4.79 Å². The van der Waals surface area contributed by atoms with Gasteiger partial charge in [-0.25, -0.2) is 4.39 Å². The molecule has 0 heterocycles. The maximum absolute atomic E-state index is 13.0. The van der Waals surface area contributed by atoms with Crippen LogP contribution in [0.25, 0.3) is 0 Å². The summed E-state index contributed by atoms with van der Waals surface area (Å²) in [4.78, 5) is 14.7. The van der Waals surface area contributed by atoms with Crippen LogP contribution in [-0.4, -0.2) is 24.0 Å². The first-order chi connectivity index (χ1) is 11.1. The number of rotatable bonds is 5. The summed E-state index contributed by atoms with van der Waals surface area (Å²) >= 11 is 3.41. The molecule has 2 aromatic carbocycles. The van der Waals surface area contributed by atoms with E-state index < -0.39 is 0 Å². The maximum atomic E-state index is 13.0. The Morgan fingerprint density at radius 1 is 1.26 bits per heavy atom. The average Bonchev–Trinajstić information content (AvgIpc) is 3.38. The molecule has 120 valence electrons. The zero-order chi connectivity index (χ0) is 16.4. The molecule has 23 heavy (non-hydrogen) atoms. The molecule has 1 amide bonds. The number of hydrogen-bond donors (Lipinski definition) is 0. The second kappa shape index (κ2) is 6.71. The fourth-order valence-electron chi connectivity index (χ4n) is 2.50. The summed E-state index contributed by atoms with van der Waals surface area (Å²) in [6.07, 6.45) is 2.04. The Labute approximate surface area is 143 Å². The number of hydrogen-bond acceptors (Lipinski definition) is 2. The summed E-state index contributed by atoms with van der Waals surface area (Å²) < 4.78 is 19.0. The molecule has 0 aromatic heterocycles. The van der Waals surface area contributed by atoms with Crippen LogP contribution in [0.1, 0.15) is 28.8 Å². The van der Waals surface area contributed by atoms with Crippen molar-refractivity contribution < 1.29 is 13.9 Å². The third-order valence-corrected chi connectivity index (χ3v) is 4.53. The van der Waals surface area contributed by atoms with Crippen molar-refractivity contribution in [1.29, 1.82) is 0 Å². The first-order valence-electron chi connectivity index (χ1n) is 7.47. The summed E-state index contributed by atoms with van der Waals surface area (Å²) in [5.41, 5.74) is 1.55. The predicted octanol–water partition coefficient (Wildman–Crippen LogP) is 4.40. The van der Waals surface area contributed by atoms with Gasteiger partial charge < -0.3 is 9.64 Å². The third kappa shape index (κ3) is 3.72. The van der Waals surface area contributed by atoms with E-state index >= 15 is 0 Å². The quantitative estimate of drug-likeness (QED) is 0.772. The van der Waals surface area contributed by atoms with Crippen molar-refractivity contribution in [3.05, 3.63) is 63.9 Å². The number of carbonyl (C=O) groups excluding carboxylic acids is 1. The van der Waals surface area contributed by atoms with Gasteiger partial charge in [0.25, 0.3) is 5.91 Å². The number of nitrogens with zero attached hydrogens (tertiary/aromatic N) is 1. The molecule has 0 unspecified atom stereocenters. The van der Waals surface area contributed by atoms with Crippen LogP contribution in [-0.2, 0) is 6.54 Å². The van der Waals surface area contributed by atoms with E-state index in [1.165, 1.54) is 12.1 Å². The van der Waals surface area contributed by atoms with Gasteiger partial charge in [0.2, 0.25) is 0 Å². The van der Waals surface area contributed by atoms with Crippen LogP contribution in [0.5, 0.6) is 5.75 Å². The molecular weight excluding hydrogens is 361 g/mol. The Balaban J connectivity index is 1.81. The fourth-order valence-corrected chi connectivity index (χ4v) is 3.05. The lowest BCUT2D eigenvalue weighted by Gasteiger charge is -2.23. The summed E-state index contributed by atoms with van der Waals surface area (Å²) in [5.74, 6) is 0.412. The van der Waals surface area contributed by atoms with Crippen LogP contribution in [0.3, 0.4) is 0 Å². The minimum Gasteiger partial charge on any atom is -0.496 e. The van der Waals surface area contributed by atoms with Gasteiger partial charge in [0.05, 0.1) is 11.6 Å². The van der Waals surface area contributed by atoms with E-state index in [2.05, 4.69) is 15.9 Å². The zero-order valence-corrected chi connectivity index (χ0v) is 14.3. The standard InChI is InChI=1S/C18H17BrFNO2/c1-23-17-9-4-13(10-16(17)19)18(22)21(15-7-8-15)11-12-2-5-14(20)6-3-12/h2-6,9-10,15H,7-8,11H2,1H3. The highest BCUT2D eigenvalue weighted by Gasteiger charge is 2.33. The average molecular weight is 378 g/mol. The van der Waals surface area contributed by atoms with Gasteiger partial charge >= 0.3 is 0 Å². The van der Waals surface area contributed by atoms with Crippen LogP contribution < -0.4 is 4.74 Å². The van der Waals surface area contributed by atoms with E-state index in [1.54, 1.807) is 37.4 Å². The molecule has 1 aliphatic carbocycles. The normalized spacial score (nSPS) is 13.7. The lowest BCUT2D eigenvalue weighted by molar-refractivity contribution is 0.0730. The van der Waals surface area contributed by atoms with Gasteiger partial charge in [-0.15, -0.1) is 0 Å². The number of carbonyl (C=O) groups is 1. The number of halogens is 2. The van der Waals surface area contributed by atoms with Crippen molar-refractivity contribution in [2.75, 3.05) is 7.11 Å². The van der Waals surface area contributed by atoms with Crippen LogP contribution >= 0.6 is 15.9 Å². The van der Waals surface area contributed by atoms with E-state index in [0.29, 0.717) is 17.9 Å². The Bertz CT molecular complexity index is 713. The predicted molar refractivity (Wildman–Crippen MR) is 90.0 cm³/mol. The lowest BCUT2D eigenvalue weighted by Crippen LogP contribution is -2.32. The van der Waals surface area contributed by atoms with Gasteiger partial charge in [-0.2, -0.15) is 0 Å². The largest absolute Gasteiger partial charge is 0.496 e. The van der Waals surface area contributed by atoms with Crippen molar-refractivity contribution in [2.45, 2.75) is 25.4 Å². The van der Waals surface area contributed by atoms with Crippen molar-refractivity contribution in [1.82, 2.24) is 4.90 Å². The first kappa shape index (κ1) is 16.0. The summed E-state index contributed by atoms with van der Waals surface area (Å²) in [5, 5.41) is 0. The van der Waals surface area contributed by atoms with Crippen LogP contribution in [0.4, 0.5) is 4.39 Å². The molecular formula is C18H17BrFNO2. The second-order valence-electron chi connectivity index (χ2n) is 5.64.